The van der Waals surface area contributed by atoms with Crippen molar-refractivity contribution < 1.29 is 44.7 Å². The summed E-state index contributed by atoms with van der Waals surface area (Å²) in [5.74, 6) is -5.52. The number of carboxylic acid groups (broad SMARTS) is 4. The lowest BCUT2D eigenvalue weighted by molar-refractivity contribution is 0.0651. The standard InChI is InChI=1S/C8H6O5.C8H6O4/c9-6-3-4(7(10)11)1-2-5(6)8(12)13;9-7(10)5-3-1-2-4-6(5)8(11)12/h1-3,9H,(H,10,11)(H,12,13);1-4H,(H,9,10)(H,11,12). The number of aromatic hydroxyl groups is 1. The van der Waals surface area contributed by atoms with E-state index in [9.17, 15) is 19.2 Å². The van der Waals surface area contributed by atoms with Gasteiger partial charge in [0, 0.05) is 0 Å². The molecule has 0 saturated carbocycles. The number of aromatic carboxylic acids is 4. The van der Waals surface area contributed by atoms with Gasteiger partial charge in [0.25, 0.3) is 0 Å². The van der Waals surface area contributed by atoms with Gasteiger partial charge in [0.2, 0.25) is 0 Å². The van der Waals surface area contributed by atoms with Crippen LogP contribution in [-0.2, 0) is 0 Å². The highest BCUT2D eigenvalue weighted by Gasteiger charge is 2.14. The Balaban J connectivity index is 0.000000251. The maximum Gasteiger partial charge on any atom is 0.339 e. The number of carbonyl (C=O) groups is 4. The van der Waals surface area contributed by atoms with E-state index >= 15 is 0 Å². The molecule has 0 aromatic heterocycles. The fraction of sp³-hybridized carbons (Fsp3) is 0. The van der Waals surface area contributed by atoms with E-state index in [0.29, 0.717) is 0 Å². The first-order valence-electron chi connectivity index (χ1n) is 6.50. The number of hydrogen-bond acceptors (Lipinski definition) is 5. The fourth-order valence-corrected chi connectivity index (χ4v) is 1.70. The van der Waals surface area contributed by atoms with Gasteiger partial charge in [-0.2, -0.15) is 0 Å². The van der Waals surface area contributed by atoms with Gasteiger partial charge in [0.05, 0.1) is 16.7 Å². The van der Waals surface area contributed by atoms with Crippen LogP contribution in [0, 0.1) is 0 Å². The van der Waals surface area contributed by atoms with Gasteiger partial charge in [-0.15, -0.1) is 0 Å². The highest BCUT2D eigenvalue weighted by molar-refractivity contribution is 6.01. The first-order chi connectivity index (χ1) is 11.6. The molecule has 9 nitrogen and oxygen atoms in total. The summed E-state index contributed by atoms with van der Waals surface area (Å²) < 4.78 is 0. The van der Waals surface area contributed by atoms with Crippen LogP contribution in [0.2, 0.25) is 0 Å². The summed E-state index contributed by atoms with van der Waals surface area (Å²) in [5.41, 5.74) is -0.845. The van der Waals surface area contributed by atoms with Gasteiger partial charge in [-0.25, -0.2) is 19.2 Å². The van der Waals surface area contributed by atoms with Crippen molar-refractivity contribution in [2.75, 3.05) is 0 Å². The summed E-state index contributed by atoms with van der Waals surface area (Å²) in [5, 5.41) is 43.1. The Bertz CT molecular complexity index is 806. The minimum atomic E-state index is -1.30. The summed E-state index contributed by atoms with van der Waals surface area (Å²) >= 11 is 0. The van der Waals surface area contributed by atoms with Gasteiger partial charge in [0.15, 0.2) is 0 Å². The van der Waals surface area contributed by atoms with Crippen molar-refractivity contribution >= 4 is 23.9 Å². The van der Waals surface area contributed by atoms with Crippen molar-refractivity contribution in [3.05, 3.63) is 64.7 Å². The van der Waals surface area contributed by atoms with Crippen molar-refractivity contribution in [1.82, 2.24) is 0 Å². The number of benzene rings is 2. The zero-order chi connectivity index (χ0) is 19.1. The summed E-state index contributed by atoms with van der Waals surface area (Å²) in [6, 6.07) is 8.53. The second-order valence-corrected chi connectivity index (χ2v) is 4.50. The maximum atomic E-state index is 10.5. The van der Waals surface area contributed by atoms with Crippen molar-refractivity contribution in [1.29, 1.82) is 0 Å². The molecule has 0 heterocycles. The zero-order valence-electron chi connectivity index (χ0n) is 12.4. The van der Waals surface area contributed by atoms with Crippen LogP contribution in [0.4, 0.5) is 0 Å². The molecule has 0 aliphatic rings. The lowest BCUT2D eigenvalue weighted by atomic mass is 10.1. The molecule has 0 bridgehead atoms. The first-order valence-corrected chi connectivity index (χ1v) is 6.50. The lowest BCUT2D eigenvalue weighted by Gasteiger charge is -1.99. The van der Waals surface area contributed by atoms with E-state index < -0.39 is 29.6 Å². The molecule has 9 heteroatoms. The molecule has 0 aliphatic carbocycles. The predicted octanol–water partition coefficient (Wildman–Crippen LogP) is 1.87. The summed E-state index contributed by atoms with van der Waals surface area (Å²) in [6.45, 7) is 0. The van der Waals surface area contributed by atoms with Crippen molar-refractivity contribution in [2.45, 2.75) is 0 Å². The Morgan fingerprint density at radius 3 is 1.36 bits per heavy atom. The van der Waals surface area contributed by atoms with Crippen LogP contribution in [-0.4, -0.2) is 49.4 Å². The third kappa shape index (κ3) is 5.06. The first kappa shape index (κ1) is 19.2. The molecule has 0 amide bonds. The Kier molecular flexibility index (Phi) is 6.22. The van der Waals surface area contributed by atoms with E-state index in [2.05, 4.69) is 0 Å². The van der Waals surface area contributed by atoms with Crippen LogP contribution < -0.4 is 0 Å². The van der Waals surface area contributed by atoms with Gasteiger partial charge in [-0.1, -0.05) is 12.1 Å². The molecular formula is C16H12O9. The van der Waals surface area contributed by atoms with Crippen molar-refractivity contribution in [2.24, 2.45) is 0 Å². The largest absolute Gasteiger partial charge is 0.507 e. The third-order valence-corrected chi connectivity index (χ3v) is 2.86. The van der Waals surface area contributed by atoms with Crippen LogP contribution in [0.15, 0.2) is 42.5 Å². The van der Waals surface area contributed by atoms with E-state index in [1.807, 2.05) is 0 Å². The summed E-state index contributed by atoms with van der Waals surface area (Å²) in [4.78, 5) is 41.7. The van der Waals surface area contributed by atoms with Gasteiger partial charge >= 0.3 is 23.9 Å². The quantitative estimate of drug-likeness (QED) is 0.553. The molecule has 0 radical (unpaired) electrons. The molecule has 0 saturated heterocycles. The smallest absolute Gasteiger partial charge is 0.339 e. The minimum Gasteiger partial charge on any atom is -0.507 e. The SMILES string of the molecule is O=C(O)c1ccc(C(=O)O)c(O)c1.O=C(O)c1ccccc1C(=O)O. The molecule has 2 aromatic carbocycles. The Hall–Kier alpha value is -3.88. The lowest BCUT2D eigenvalue weighted by Crippen LogP contribution is -2.06. The molecule has 2 rings (SSSR count). The second kappa shape index (κ2) is 8.11. The van der Waals surface area contributed by atoms with E-state index in [4.69, 9.17) is 25.5 Å². The molecular weight excluding hydrogens is 336 g/mol. The number of phenols is 1. The van der Waals surface area contributed by atoms with E-state index in [-0.39, 0.29) is 22.3 Å². The average molecular weight is 348 g/mol. The summed E-state index contributed by atoms with van der Waals surface area (Å²) in [6.07, 6.45) is 0. The van der Waals surface area contributed by atoms with Crippen molar-refractivity contribution in [3.63, 3.8) is 0 Å². The zero-order valence-corrected chi connectivity index (χ0v) is 12.4. The monoisotopic (exact) mass is 348 g/mol. The predicted molar refractivity (Wildman–Crippen MR) is 82.4 cm³/mol. The van der Waals surface area contributed by atoms with E-state index in [0.717, 1.165) is 18.2 Å². The Labute approximate surface area is 140 Å². The average Bonchev–Trinajstić information content (AvgIpc) is 2.54. The summed E-state index contributed by atoms with van der Waals surface area (Å²) in [7, 11) is 0. The highest BCUT2D eigenvalue weighted by Crippen LogP contribution is 2.18. The maximum absolute atomic E-state index is 10.5. The number of hydrogen-bond donors (Lipinski definition) is 5. The Morgan fingerprint density at radius 1 is 0.600 bits per heavy atom. The molecule has 0 aliphatic heterocycles. The molecule has 0 atom stereocenters. The van der Waals surface area contributed by atoms with Crippen LogP contribution in [0.3, 0.4) is 0 Å². The van der Waals surface area contributed by atoms with Gasteiger partial charge in [-0.3, -0.25) is 0 Å². The molecule has 0 unspecified atom stereocenters. The van der Waals surface area contributed by atoms with Gasteiger partial charge in [-0.05, 0) is 30.3 Å². The number of rotatable bonds is 4. The topological polar surface area (TPSA) is 169 Å². The fourth-order valence-electron chi connectivity index (χ4n) is 1.70. The van der Waals surface area contributed by atoms with E-state index in [1.165, 1.54) is 24.3 Å². The van der Waals surface area contributed by atoms with Crippen LogP contribution in [0.1, 0.15) is 41.4 Å². The van der Waals surface area contributed by atoms with E-state index in [1.54, 1.807) is 0 Å². The molecule has 5 N–H and O–H groups in total. The van der Waals surface area contributed by atoms with Gasteiger partial charge in [0.1, 0.15) is 11.3 Å². The van der Waals surface area contributed by atoms with Crippen molar-refractivity contribution in [3.8, 4) is 5.75 Å². The molecule has 130 valence electrons. The number of carboxylic acids is 4. The third-order valence-electron chi connectivity index (χ3n) is 2.86. The van der Waals surface area contributed by atoms with Crippen LogP contribution in [0.5, 0.6) is 5.75 Å². The van der Waals surface area contributed by atoms with Gasteiger partial charge < -0.3 is 25.5 Å². The van der Waals surface area contributed by atoms with Crippen LogP contribution >= 0.6 is 0 Å². The minimum absolute atomic E-state index is 0.150. The molecule has 0 fully saturated rings. The molecule has 25 heavy (non-hydrogen) atoms. The second-order valence-electron chi connectivity index (χ2n) is 4.50. The normalized spacial score (nSPS) is 9.44. The van der Waals surface area contributed by atoms with Crippen LogP contribution in [0.25, 0.3) is 0 Å². The Morgan fingerprint density at radius 2 is 1.04 bits per heavy atom. The molecule has 2 aromatic rings. The molecule has 0 spiro atoms. The highest BCUT2D eigenvalue weighted by atomic mass is 16.4.